The first-order chi connectivity index (χ1) is 7.20. The topological polar surface area (TPSA) is 60.9 Å². The van der Waals surface area contributed by atoms with E-state index in [4.69, 9.17) is 4.42 Å². The third-order valence-corrected chi connectivity index (χ3v) is 2.08. The van der Waals surface area contributed by atoms with Gasteiger partial charge in [-0.3, -0.25) is 4.79 Å². The van der Waals surface area contributed by atoms with Crippen molar-refractivity contribution >= 4 is 5.78 Å². The van der Waals surface area contributed by atoms with Crippen molar-refractivity contribution in [3.8, 4) is 0 Å². The minimum atomic E-state index is -0.209. The van der Waals surface area contributed by atoms with Gasteiger partial charge in [0.1, 0.15) is 12.0 Å². The Labute approximate surface area is 86.8 Å². The van der Waals surface area contributed by atoms with Crippen molar-refractivity contribution in [1.82, 2.24) is 14.5 Å². The zero-order valence-corrected chi connectivity index (χ0v) is 8.60. The Bertz CT molecular complexity index is 484. The fourth-order valence-electron chi connectivity index (χ4n) is 1.25. The number of carbonyl (C=O) groups is 1. The molecule has 15 heavy (non-hydrogen) atoms. The summed E-state index contributed by atoms with van der Waals surface area (Å²) in [6, 6.07) is 0. The molecule has 0 unspecified atom stereocenters. The van der Waals surface area contributed by atoms with Crippen LogP contribution in [0.25, 0.3) is 0 Å². The lowest BCUT2D eigenvalue weighted by Gasteiger charge is -1.91. The molecule has 0 bridgehead atoms. The molecule has 0 N–H and O–H groups in total. The third-order valence-electron chi connectivity index (χ3n) is 2.08. The summed E-state index contributed by atoms with van der Waals surface area (Å²) in [7, 11) is 0. The van der Waals surface area contributed by atoms with Crippen molar-refractivity contribution in [2.24, 2.45) is 0 Å². The van der Waals surface area contributed by atoms with Gasteiger partial charge in [0.15, 0.2) is 11.6 Å². The summed E-state index contributed by atoms with van der Waals surface area (Å²) < 4.78 is 6.81. The van der Waals surface area contributed by atoms with Crippen LogP contribution >= 0.6 is 0 Å². The molecule has 2 aromatic heterocycles. The van der Waals surface area contributed by atoms with Gasteiger partial charge in [-0.15, -0.1) is 0 Å². The van der Waals surface area contributed by atoms with Crippen LogP contribution in [-0.4, -0.2) is 20.3 Å². The van der Waals surface area contributed by atoms with Crippen molar-refractivity contribution in [1.29, 1.82) is 0 Å². The molecular formula is C10H11N3O2. The summed E-state index contributed by atoms with van der Waals surface area (Å²) in [5.41, 5.74) is 0.694. The van der Waals surface area contributed by atoms with Gasteiger partial charge in [-0.1, -0.05) is 0 Å². The maximum absolute atomic E-state index is 11.8. The van der Waals surface area contributed by atoms with E-state index in [9.17, 15) is 4.79 Å². The molecule has 2 heterocycles. The Morgan fingerprint density at radius 1 is 1.53 bits per heavy atom. The molecule has 2 rings (SSSR count). The van der Waals surface area contributed by atoms with E-state index in [0.29, 0.717) is 17.3 Å². The van der Waals surface area contributed by atoms with E-state index in [1.54, 1.807) is 19.4 Å². The Morgan fingerprint density at radius 3 is 2.87 bits per heavy atom. The lowest BCUT2D eigenvalue weighted by Crippen LogP contribution is -2.02. The van der Waals surface area contributed by atoms with Crippen LogP contribution in [0.3, 0.4) is 0 Å². The van der Waals surface area contributed by atoms with Gasteiger partial charge in [-0.25, -0.2) is 9.97 Å². The molecule has 0 aliphatic heterocycles. The van der Waals surface area contributed by atoms with E-state index >= 15 is 0 Å². The minimum Gasteiger partial charge on any atom is -0.449 e. The molecule has 0 saturated heterocycles. The zero-order valence-electron chi connectivity index (χ0n) is 8.60. The highest BCUT2D eigenvalue weighted by molar-refractivity contribution is 6.05. The maximum Gasteiger partial charge on any atom is 0.234 e. The second-order valence-electron chi connectivity index (χ2n) is 3.17. The summed E-state index contributed by atoms with van der Waals surface area (Å²) in [5, 5.41) is 0. The molecule has 5 heteroatoms. The van der Waals surface area contributed by atoms with E-state index < -0.39 is 0 Å². The molecule has 78 valence electrons. The van der Waals surface area contributed by atoms with E-state index in [0.717, 1.165) is 6.54 Å². The normalized spacial score (nSPS) is 10.5. The number of hydrogen-bond donors (Lipinski definition) is 0. The maximum atomic E-state index is 11.8. The number of nitrogens with zero attached hydrogens (tertiary/aromatic N) is 3. The van der Waals surface area contributed by atoms with Crippen LogP contribution in [0.15, 0.2) is 23.2 Å². The van der Waals surface area contributed by atoms with Gasteiger partial charge < -0.3 is 8.98 Å². The highest BCUT2D eigenvalue weighted by Gasteiger charge is 2.15. The van der Waals surface area contributed by atoms with Gasteiger partial charge >= 0.3 is 0 Å². The molecule has 2 aromatic rings. The summed E-state index contributed by atoms with van der Waals surface area (Å²) >= 11 is 0. The van der Waals surface area contributed by atoms with Crippen LogP contribution in [0.5, 0.6) is 0 Å². The first-order valence-corrected chi connectivity index (χ1v) is 4.69. The van der Waals surface area contributed by atoms with Crippen LogP contribution in [0.4, 0.5) is 0 Å². The quantitative estimate of drug-likeness (QED) is 0.711. The molecule has 0 aliphatic carbocycles. The molecule has 0 saturated carbocycles. The summed E-state index contributed by atoms with van der Waals surface area (Å²) in [6.45, 7) is 4.47. The molecule has 0 amide bonds. The molecule has 0 spiro atoms. The Morgan fingerprint density at radius 2 is 2.33 bits per heavy atom. The number of ketones is 1. The fraction of sp³-hybridized carbons (Fsp3) is 0.300. The number of aryl methyl sites for hydroxylation is 2. The number of carbonyl (C=O) groups excluding carboxylic acids is 1. The molecule has 0 aliphatic rings. The van der Waals surface area contributed by atoms with Crippen LogP contribution < -0.4 is 0 Å². The molecule has 0 atom stereocenters. The van der Waals surface area contributed by atoms with Crippen LogP contribution in [0, 0.1) is 6.92 Å². The number of oxazole rings is 1. The van der Waals surface area contributed by atoms with Crippen LogP contribution in [0.1, 0.15) is 29.0 Å². The monoisotopic (exact) mass is 205 g/mol. The average Bonchev–Trinajstić information content (AvgIpc) is 2.84. The molecule has 0 fully saturated rings. The van der Waals surface area contributed by atoms with Crippen LogP contribution in [-0.2, 0) is 6.54 Å². The van der Waals surface area contributed by atoms with E-state index in [1.807, 2.05) is 11.5 Å². The predicted octanol–water partition coefficient (Wildman–Crippen LogP) is 1.43. The van der Waals surface area contributed by atoms with Gasteiger partial charge in [0.25, 0.3) is 0 Å². The molecule has 0 radical (unpaired) electrons. The molecule has 5 nitrogen and oxygen atoms in total. The predicted molar refractivity (Wildman–Crippen MR) is 52.6 cm³/mol. The Balaban J connectivity index is 2.28. The number of rotatable bonds is 3. The minimum absolute atomic E-state index is 0.209. The van der Waals surface area contributed by atoms with Gasteiger partial charge in [0, 0.05) is 19.7 Å². The molecular weight excluding hydrogens is 194 g/mol. The van der Waals surface area contributed by atoms with Gasteiger partial charge in [0.05, 0.1) is 6.33 Å². The van der Waals surface area contributed by atoms with Gasteiger partial charge in [-0.2, -0.15) is 0 Å². The van der Waals surface area contributed by atoms with E-state index in [1.165, 1.54) is 6.26 Å². The first kappa shape index (κ1) is 9.64. The molecule has 0 aromatic carbocycles. The smallest absolute Gasteiger partial charge is 0.234 e. The second-order valence-corrected chi connectivity index (χ2v) is 3.17. The summed E-state index contributed by atoms with van der Waals surface area (Å²) in [5.74, 6) is 0.271. The number of imidazole rings is 1. The zero-order chi connectivity index (χ0) is 10.8. The highest BCUT2D eigenvalue weighted by atomic mass is 16.3. The van der Waals surface area contributed by atoms with Gasteiger partial charge in [-0.05, 0) is 6.92 Å². The van der Waals surface area contributed by atoms with Crippen molar-refractivity contribution in [2.75, 3.05) is 0 Å². The lowest BCUT2D eigenvalue weighted by molar-refractivity contribution is 0.103. The van der Waals surface area contributed by atoms with E-state index in [2.05, 4.69) is 9.97 Å². The standard InChI is InChI=1S/C10H11N3O2/c1-3-13-4-8(11-6-13)10(14)9-5-15-7(2)12-9/h4-6H,3H2,1-2H3. The third kappa shape index (κ3) is 1.81. The highest BCUT2D eigenvalue weighted by Crippen LogP contribution is 2.07. The Kier molecular flexibility index (Phi) is 2.37. The largest absolute Gasteiger partial charge is 0.449 e. The van der Waals surface area contributed by atoms with Crippen molar-refractivity contribution in [3.05, 3.63) is 36.1 Å². The van der Waals surface area contributed by atoms with Gasteiger partial charge in [0.2, 0.25) is 5.78 Å². The lowest BCUT2D eigenvalue weighted by atomic mass is 10.2. The van der Waals surface area contributed by atoms with Crippen molar-refractivity contribution < 1.29 is 9.21 Å². The summed E-state index contributed by atoms with van der Waals surface area (Å²) in [4.78, 5) is 19.8. The van der Waals surface area contributed by atoms with E-state index in [-0.39, 0.29) is 5.78 Å². The second kappa shape index (κ2) is 3.68. The average molecular weight is 205 g/mol. The fourth-order valence-corrected chi connectivity index (χ4v) is 1.25. The SMILES string of the molecule is CCn1cnc(C(=O)c2coc(C)n2)c1. The summed E-state index contributed by atoms with van der Waals surface area (Å²) in [6.07, 6.45) is 4.68. The first-order valence-electron chi connectivity index (χ1n) is 4.69. The van der Waals surface area contributed by atoms with Crippen molar-refractivity contribution in [3.63, 3.8) is 0 Å². The Hall–Kier alpha value is -1.91. The van der Waals surface area contributed by atoms with Crippen LogP contribution in [0.2, 0.25) is 0 Å². The number of aromatic nitrogens is 3. The number of hydrogen-bond acceptors (Lipinski definition) is 4. The van der Waals surface area contributed by atoms with Crippen molar-refractivity contribution in [2.45, 2.75) is 20.4 Å².